The van der Waals surface area contributed by atoms with Gasteiger partial charge in [-0.1, -0.05) is 71.7 Å². The maximum Gasteiger partial charge on any atom is 0.0894 e. The molecule has 0 spiro atoms. The lowest BCUT2D eigenvalue weighted by Gasteiger charge is -2.17. The Bertz CT molecular complexity index is 1320. The van der Waals surface area contributed by atoms with Gasteiger partial charge < -0.3 is 4.74 Å². The fourth-order valence-corrected chi connectivity index (χ4v) is 5.05. The van der Waals surface area contributed by atoms with Crippen LogP contribution in [0.5, 0.6) is 0 Å². The Hall–Kier alpha value is -2.78. The molecule has 0 bridgehead atoms. The maximum absolute atomic E-state index is 6.21. The molecule has 2 atom stereocenters. The van der Waals surface area contributed by atoms with Gasteiger partial charge in [-0.15, -0.1) is 0 Å². The van der Waals surface area contributed by atoms with Gasteiger partial charge in [0, 0.05) is 6.61 Å². The molecule has 2 unspecified atom stereocenters. The van der Waals surface area contributed by atoms with Crippen molar-refractivity contribution in [3.8, 4) is 0 Å². The highest BCUT2D eigenvalue weighted by molar-refractivity contribution is 5.73. The van der Waals surface area contributed by atoms with Gasteiger partial charge in [-0.3, -0.25) is 0 Å². The zero-order valence-corrected chi connectivity index (χ0v) is 26.0. The van der Waals surface area contributed by atoms with Gasteiger partial charge in [0.1, 0.15) is 0 Å². The Morgan fingerprint density at radius 1 is 0.775 bits per heavy atom. The molecule has 1 heterocycles. The molecule has 0 radical (unpaired) electrons. The standard InChI is InChI=1S/C37H52N2O/c1-28(2)13-9-14-29(3)15-10-16-30(4)17-11-18-31(5)19-12-20-32(6)25-26-40-33-23-24-36-37(27-33)39-35-22-8-7-21-34(35)38-36/h7-8,13,15,17,19,21-22,24,27,32-33H,9-12,14,16,18,20,23,25-26H2,1-6H3/b29-15+,30-17+,31-19+. The highest BCUT2D eigenvalue weighted by atomic mass is 16.5. The second-order valence-electron chi connectivity index (χ2n) is 12.0. The van der Waals surface area contributed by atoms with Gasteiger partial charge in [0.15, 0.2) is 0 Å². The molecule has 1 aromatic heterocycles. The van der Waals surface area contributed by atoms with Crippen LogP contribution in [-0.4, -0.2) is 22.7 Å². The van der Waals surface area contributed by atoms with Crippen molar-refractivity contribution in [3.63, 3.8) is 0 Å². The third-order valence-corrected chi connectivity index (χ3v) is 7.76. The Labute approximate surface area is 243 Å². The zero-order valence-electron chi connectivity index (χ0n) is 26.0. The van der Waals surface area contributed by atoms with E-state index in [1.165, 1.54) is 54.4 Å². The first-order valence-electron chi connectivity index (χ1n) is 15.5. The molecule has 1 aliphatic carbocycles. The summed E-state index contributed by atoms with van der Waals surface area (Å²) < 4.78 is 6.21. The van der Waals surface area contributed by atoms with Gasteiger partial charge >= 0.3 is 0 Å². The highest BCUT2D eigenvalue weighted by Gasteiger charge is 2.11. The molecule has 0 saturated carbocycles. The molecular formula is C37H52N2O. The fraction of sp³-hybridized carbons (Fsp3) is 0.514. The number of hydrogen-bond donors (Lipinski definition) is 0. The van der Waals surface area contributed by atoms with Gasteiger partial charge in [-0.05, 0) is 123 Å². The molecule has 0 aliphatic heterocycles. The summed E-state index contributed by atoms with van der Waals surface area (Å²) in [6, 6.07) is 8.06. The first-order valence-corrected chi connectivity index (χ1v) is 15.5. The Balaban J connectivity index is 1.29. The molecule has 40 heavy (non-hydrogen) atoms. The summed E-state index contributed by atoms with van der Waals surface area (Å²) in [6.07, 6.45) is 25.4. The minimum atomic E-state index is 0.0985. The monoisotopic (exact) mass is 540 g/mol. The van der Waals surface area contributed by atoms with Crippen molar-refractivity contribution in [1.29, 1.82) is 0 Å². The average Bonchev–Trinajstić information content (AvgIpc) is 2.91. The van der Waals surface area contributed by atoms with Crippen molar-refractivity contribution in [1.82, 2.24) is 9.97 Å². The molecule has 3 rings (SSSR count). The Kier molecular flexibility index (Phi) is 13.6. The number of benzene rings is 1. The Morgan fingerprint density at radius 3 is 1.93 bits per heavy atom. The predicted octanol–water partition coefficient (Wildman–Crippen LogP) is 8.93. The molecule has 0 saturated heterocycles. The lowest BCUT2D eigenvalue weighted by atomic mass is 10.00. The van der Waals surface area contributed by atoms with E-state index >= 15 is 0 Å². The van der Waals surface area contributed by atoms with Crippen LogP contribution in [0.15, 0.2) is 70.9 Å². The summed E-state index contributed by atoms with van der Waals surface area (Å²) in [5.41, 5.74) is 7.87. The minimum absolute atomic E-state index is 0.0985. The van der Waals surface area contributed by atoms with E-state index in [1.807, 2.05) is 24.3 Å². The topological polar surface area (TPSA) is 35.0 Å². The number of para-hydroxylation sites is 2. The van der Waals surface area contributed by atoms with E-state index in [-0.39, 0.29) is 6.10 Å². The van der Waals surface area contributed by atoms with Crippen LogP contribution >= 0.6 is 0 Å². The smallest absolute Gasteiger partial charge is 0.0894 e. The molecule has 1 aromatic carbocycles. The lowest BCUT2D eigenvalue weighted by molar-refractivity contribution is 0.0875. The molecule has 2 aromatic rings. The normalized spacial score (nSPS) is 16.8. The highest BCUT2D eigenvalue weighted by Crippen LogP contribution is 2.17. The van der Waals surface area contributed by atoms with Gasteiger partial charge in [-0.2, -0.15) is 0 Å². The summed E-state index contributed by atoms with van der Waals surface area (Å²) in [5.74, 6) is 0.660. The van der Waals surface area contributed by atoms with Crippen LogP contribution in [0.3, 0.4) is 0 Å². The molecule has 216 valence electrons. The van der Waals surface area contributed by atoms with E-state index in [4.69, 9.17) is 14.7 Å². The zero-order chi connectivity index (χ0) is 28.7. The van der Waals surface area contributed by atoms with Crippen molar-refractivity contribution in [3.05, 3.63) is 81.6 Å². The van der Waals surface area contributed by atoms with Crippen LogP contribution in [0.2, 0.25) is 0 Å². The van der Waals surface area contributed by atoms with E-state index in [9.17, 15) is 0 Å². The van der Waals surface area contributed by atoms with E-state index in [1.54, 1.807) is 0 Å². The first kappa shape index (κ1) is 31.7. The number of ether oxygens (including phenoxy) is 1. The quantitative estimate of drug-likeness (QED) is 0.199. The van der Waals surface area contributed by atoms with Crippen molar-refractivity contribution in [2.24, 2.45) is 5.92 Å². The second-order valence-corrected chi connectivity index (χ2v) is 12.0. The number of nitrogens with zero attached hydrogens (tertiary/aromatic N) is 2. The van der Waals surface area contributed by atoms with E-state index in [2.05, 4.69) is 78.0 Å². The van der Waals surface area contributed by atoms with Crippen molar-refractivity contribution in [2.45, 2.75) is 112 Å². The average molecular weight is 541 g/mol. The van der Waals surface area contributed by atoms with Crippen LogP contribution in [0.1, 0.15) is 106 Å². The molecule has 0 amide bonds. The summed E-state index contributed by atoms with van der Waals surface area (Å²) in [5, 5.41) is 1.93. The van der Waals surface area contributed by atoms with Crippen LogP contribution < -0.4 is 10.7 Å². The van der Waals surface area contributed by atoms with Gasteiger partial charge in [-0.25, -0.2) is 9.97 Å². The SMILES string of the molecule is CC(C)=CCC/C(C)=C/CC/C(C)=C/CC/C(C)=C/CCC(C)CCOC1C=c2nc3ccccc3nc2=CC1. The molecular weight excluding hydrogens is 488 g/mol. The predicted molar refractivity (Wildman–Crippen MR) is 173 cm³/mol. The molecule has 0 fully saturated rings. The van der Waals surface area contributed by atoms with Crippen LogP contribution in [0.4, 0.5) is 0 Å². The number of rotatable bonds is 16. The minimum Gasteiger partial charge on any atom is -0.374 e. The largest absolute Gasteiger partial charge is 0.374 e. The van der Waals surface area contributed by atoms with E-state index in [0.29, 0.717) is 5.92 Å². The van der Waals surface area contributed by atoms with Gasteiger partial charge in [0.25, 0.3) is 0 Å². The number of hydrogen-bond acceptors (Lipinski definition) is 3. The number of aromatic nitrogens is 2. The third kappa shape index (κ3) is 11.8. The van der Waals surface area contributed by atoms with E-state index in [0.717, 1.165) is 60.4 Å². The number of fused-ring (bicyclic) bond motifs is 2. The molecule has 3 nitrogen and oxygen atoms in total. The number of allylic oxidation sites excluding steroid dienone is 8. The molecule has 3 heteroatoms. The molecule has 0 N–H and O–H groups in total. The summed E-state index contributed by atoms with van der Waals surface area (Å²) in [6.45, 7) is 14.3. The van der Waals surface area contributed by atoms with Crippen LogP contribution in [-0.2, 0) is 4.74 Å². The van der Waals surface area contributed by atoms with Crippen molar-refractivity contribution < 1.29 is 4.74 Å². The van der Waals surface area contributed by atoms with Crippen molar-refractivity contribution >= 4 is 23.2 Å². The lowest BCUT2D eigenvalue weighted by Crippen LogP contribution is -2.36. The van der Waals surface area contributed by atoms with Gasteiger partial charge in [0.2, 0.25) is 0 Å². The third-order valence-electron chi connectivity index (χ3n) is 7.76. The van der Waals surface area contributed by atoms with Crippen LogP contribution in [0, 0.1) is 5.92 Å². The van der Waals surface area contributed by atoms with Gasteiger partial charge in [0.05, 0.1) is 27.8 Å². The van der Waals surface area contributed by atoms with Crippen LogP contribution in [0.25, 0.3) is 23.2 Å². The second kappa shape index (κ2) is 17.1. The summed E-state index contributed by atoms with van der Waals surface area (Å²) in [4.78, 5) is 9.53. The van der Waals surface area contributed by atoms with E-state index < -0.39 is 0 Å². The summed E-state index contributed by atoms with van der Waals surface area (Å²) >= 11 is 0. The Morgan fingerprint density at radius 2 is 1.32 bits per heavy atom. The molecule has 1 aliphatic rings. The van der Waals surface area contributed by atoms with Crippen molar-refractivity contribution in [2.75, 3.05) is 6.61 Å². The summed E-state index contributed by atoms with van der Waals surface area (Å²) in [7, 11) is 0. The fourth-order valence-electron chi connectivity index (χ4n) is 5.05. The maximum atomic E-state index is 6.21. The first-order chi connectivity index (χ1) is 19.3.